The highest BCUT2D eigenvalue weighted by atomic mass is 16.5. The number of benzene rings is 2. The minimum Gasteiger partial charge on any atom is -0.507 e. The van der Waals surface area contributed by atoms with Crippen molar-refractivity contribution in [3.8, 4) is 22.6 Å². The number of aliphatic carboxylic acids is 1. The molecule has 0 saturated heterocycles. The van der Waals surface area contributed by atoms with Gasteiger partial charge in [-0.15, -0.1) is 0 Å². The molecule has 32 heavy (non-hydrogen) atoms. The average Bonchev–Trinajstić information content (AvgIpc) is 2.68. The van der Waals surface area contributed by atoms with Gasteiger partial charge in [-0.1, -0.05) is 73.4 Å². The van der Waals surface area contributed by atoms with Gasteiger partial charge >= 0.3 is 5.97 Å². The maximum absolute atomic E-state index is 11.0. The Morgan fingerprint density at radius 3 is 2.22 bits per heavy atom. The minimum absolute atomic E-state index is 0.0913. The smallest absolute Gasteiger partial charge is 0.328 e. The van der Waals surface area contributed by atoms with E-state index in [4.69, 9.17) is 9.84 Å². The molecule has 2 aromatic carbocycles. The topological polar surface area (TPSA) is 66.8 Å². The Balaban J connectivity index is 2.78. The third-order valence-corrected chi connectivity index (χ3v) is 5.49. The van der Waals surface area contributed by atoms with Gasteiger partial charge in [0.25, 0.3) is 0 Å². The summed E-state index contributed by atoms with van der Waals surface area (Å²) in [6.45, 7) is 15.8. The van der Waals surface area contributed by atoms with E-state index in [0.29, 0.717) is 17.7 Å². The van der Waals surface area contributed by atoms with Crippen LogP contribution >= 0.6 is 0 Å². The molecule has 0 heterocycles. The molecule has 0 atom stereocenters. The standard InChI is InChI=1S/C28H38O4/c1-8-9-10-15-32-26-22(17-20(27(2,3)4)18-23(26)28(5,6)7)21-16-19(11-13-24(21)29)12-14-25(30)31/h11-14,16-18,29H,8-10,15H2,1-7H3,(H,30,31). The van der Waals surface area contributed by atoms with Crippen molar-refractivity contribution in [1.82, 2.24) is 0 Å². The van der Waals surface area contributed by atoms with Crippen molar-refractivity contribution in [2.45, 2.75) is 78.6 Å². The Hall–Kier alpha value is -2.75. The van der Waals surface area contributed by atoms with Crippen LogP contribution in [0.25, 0.3) is 17.2 Å². The summed E-state index contributed by atoms with van der Waals surface area (Å²) in [5, 5.41) is 19.8. The van der Waals surface area contributed by atoms with Crippen LogP contribution in [-0.2, 0) is 15.6 Å². The van der Waals surface area contributed by atoms with Crippen molar-refractivity contribution >= 4 is 12.0 Å². The molecule has 0 aliphatic carbocycles. The zero-order chi connectivity index (χ0) is 24.1. The Morgan fingerprint density at radius 1 is 0.969 bits per heavy atom. The number of phenolic OH excluding ortho intramolecular Hbond substituents is 1. The van der Waals surface area contributed by atoms with E-state index in [1.54, 1.807) is 12.1 Å². The van der Waals surface area contributed by atoms with Gasteiger partial charge in [-0.05, 0) is 52.7 Å². The Morgan fingerprint density at radius 2 is 1.66 bits per heavy atom. The molecule has 0 aromatic heterocycles. The fraction of sp³-hybridized carbons (Fsp3) is 0.464. The average molecular weight is 439 g/mol. The van der Waals surface area contributed by atoms with Crippen LogP contribution in [0.1, 0.15) is 84.4 Å². The third-order valence-electron chi connectivity index (χ3n) is 5.49. The summed E-state index contributed by atoms with van der Waals surface area (Å²) in [5.74, 6) is -0.0811. The molecule has 0 radical (unpaired) electrons. The van der Waals surface area contributed by atoms with Gasteiger partial charge in [0.1, 0.15) is 11.5 Å². The lowest BCUT2D eigenvalue weighted by Crippen LogP contribution is -2.19. The first-order valence-electron chi connectivity index (χ1n) is 11.4. The van der Waals surface area contributed by atoms with Crippen molar-refractivity contribution in [2.24, 2.45) is 0 Å². The Kier molecular flexibility index (Phi) is 8.17. The number of ether oxygens (including phenoxy) is 1. The number of aromatic hydroxyl groups is 1. The largest absolute Gasteiger partial charge is 0.507 e. The maximum atomic E-state index is 11.0. The molecule has 0 fully saturated rings. The van der Waals surface area contributed by atoms with Crippen LogP contribution in [0.3, 0.4) is 0 Å². The van der Waals surface area contributed by atoms with Crippen LogP contribution in [0.5, 0.6) is 11.5 Å². The molecule has 2 aromatic rings. The van der Waals surface area contributed by atoms with Gasteiger partial charge in [0, 0.05) is 22.8 Å². The highest BCUT2D eigenvalue weighted by Crippen LogP contribution is 2.45. The Bertz CT molecular complexity index is 972. The molecule has 174 valence electrons. The van der Waals surface area contributed by atoms with Gasteiger partial charge in [0.2, 0.25) is 0 Å². The summed E-state index contributed by atoms with van der Waals surface area (Å²) in [5.41, 5.74) is 4.18. The highest BCUT2D eigenvalue weighted by molar-refractivity contribution is 5.86. The predicted molar refractivity (Wildman–Crippen MR) is 133 cm³/mol. The second-order valence-corrected chi connectivity index (χ2v) is 10.4. The zero-order valence-electron chi connectivity index (χ0n) is 20.6. The van der Waals surface area contributed by atoms with Gasteiger partial charge in [-0.3, -0.25) is 0 Å². The summed E-state index contributed by atoms with van der Waals surface area (Å²) in [6, 6.07) is 9.46. The predicted octanol–water partition coefficient (Wildman–Crippen LogP) is 7.32. The van der Waals surface area contributed by atoms with E-state index in [-0.39, 0.29) is 16.6 Å². The molecule has 4 nitrogen and oxygen atoms in total. The molecule has 2 rings (SSSR count). The van der Waals surface area contributed by atoms with Gasteiger partial charge in [0.15, 0.2) is 0 Å². The number of carboxylic acid groups (broad SMARTS) is 1. The van der Waals surface area contributed by atoms with E-state index in [0.717, 1.165) is 47.8 Å². The van der Waals surface area contributed by atoms with Crippen LogP contribution in [0.4, 0.5) is 0 Å². The van der Waals surface area contributed by atoms with E-state index >= 15 is 0 Å². The van der Waals surface area contributed by atoms with Crippen LogP contribution in [0, 0.1) is 0 Å². The van der Waals surface area contributed by atoms with Crippen LogP contribution in [0.15, 0.2) is 36.4 Å². The van der Waals surface area contributed by atoms with E-state index in [1.165, 1.54) is 6.08 Å². The van der Waals surface area contributed by atoms with E-state index in [1.807, 2.05) is 6.07 Å². The normalized spacial score (nSPS) is 12.3. The fourth-order valence-electron chi connectivity index (χ4n) is 3.54. The molecule has 0 unspecified atom stereocenters. The van der Waals surface area contributed by atoms with Crippen LogP contribution < -0.4 is 4.74 Å². The molecule has 4 heteroatoms. The summed E-state index contributed by atoms with van der Waals surface area (Å²) < 4.78 is 6.39. The first-order chi connectivity index (χ1) is 14.8. The molecule has 0 amide bonds. The summed E-state index contributed by atoms with van der Waals surface area (Å²) in [4.78, 5) is 11.0. The van der Waals surface area contributed by atoms with Gasteiger partial charge in [0.05, 0.1) is 6.61 Å². The van der Waals surface area contributed by atoms with Crippen molar-refractivity contribution in [3.63, 3.8) is 0 Å². The fourth-order valence-corrected chi connectivity index (χ4v) is 3.54. The quantitative estimate of drug-likeness (QED) is 0.335. The van der Waals surface area contributed by atoms with Gasteiger partial charge in [-0.2, -0.15) is 0 Å². The van der Waals surface area contributed by atoms with E-state index < -0.39 is 5.97 Å². The number of phenols is 1. The van der Waals surface area contributed by atoms with Crippen LogP contribution in [0.2, 0.25) is 0 Å². The van der Waals surface area contributed by atoms with Gasteiger partial charge < -0.3 is 14.9 Å². The number of carbonyl (C=O) groups is 1. The highest BCUT2D eigenvalue weighted by Gasteiger charge is 2.27. The summed E-state index contributed by atoms with van der Waals surface area (Å²) in [7, 11) is 0. The lowest BCUT2D eigenvalue weighted by atomic mass is 9.78. The van der Waals surface area contributed by atoms with Crippen molar-refractivity contribution in [1.29, 1.82) is 0 Å². The van der Waals surface area contributed by atoms with E-state index in [9.17, 15) is 9.90 Å². The molecule has 0 bridgehead atoms. The first kappa shape index (κ1) is 25.5. The number of rotatable bonds is 8. The molecule has 0 aliphatic rings. The number of carboxylic acids is 1. The number of hydrogen-bond acceptors (Lipinski definition) is 3. The monoisotopic (exact) mass is 438 g/mol. The van der Waals surface area contributed by atoms with Crippen molar-refractivity contribution in [2.75, 3.05) is 6.61 Å². The molecule has 0 saturated carbocycles. The number of unbranched alkanes of at least 4 members (excludes halogenated alkanes) is 2. The lowest BCUT2D eigenvalue weighted by molar-refractivity contribution is -0.131. The van der Waals surface area contributed by atoms with Crippen molar-refractivity contribution in [3.05, 3.63) is 53.1 Å². The van der Waals surface area contributed by atoms with E-state index in [2.05, 4.69) is 60.6 Å². The zero-order valence-corrected chi connectivity index (χ0v) is 20.6. The third kappa shape index (κ3) is 6.62. The molecular formula is C28H38O4. The SMILES string of the molecule is CCCCCOc1c(-c2cc(C=CC(=O)O)ccc2O)cc(C(C)(C)C)cc1C(C)(C)C. The van der Waals surface area contributed by atoms with Crippen molar-refractivity contribution < 1.29 is 19.7 Å². The molecular weight excluding hydrogens is 400 g/mol. The first-order valence-corrected chi connectivity index (χ1v) is 11.4. The maximum Gasteiger partial charge on any atom is 0.328 e. The molecule has 2 N–H and O–H groups in total. The Labute approximate surface area is 193 Å². The number of hydrogen-bond donors (Lipinski definition) is 2. The molecule has 0 spiro atoms. The second kappa shape index (κ2) is 10.2. The minimum atomic E-state index is -1.01. The molecule has 0 aliphatic heterocycles. The van der Waals surface area contributed by atoms with Crippen LogP contribution in [-0.4, -0.2) is 22.8 Å². The summed E-state index contributed by atoms with van der Waals surface area (Å²) >= 11 is 0. The lowest BCUT2D eigenvalue weighted by Gasteiger charge is -2.30. The summed E-state index contributed by atoms with van der Waals surface area (Å²) in [6.07, 6.45) is 5.81. The van der Waals surface area contributed by atoms with Gasteiger partial charge in [-0.25, -0.2) is 4.79 Å². The second-order valence-electron chi connectivity index (χ2n) is 10.4.